The molecule has 0 saturated heterocycles. The second kappa shape index (κ2) is 9.97. The Morgan fingerprint density at radius 3 is 2.38 bits per heavy atom. The van der Waals surface area contributed by atoms with Crippen LogP contribution in [0.4, 0.5) is 4.39 Å². The second-order valence-corrected chi connectivity index (χ2v) is 7.09. The molecule has 0 heterocycles. The van der Waals surface area contributed by atoms with Crippen molar-refractivity contribution in [3.8, 4) is 0 Å². The lowest BCUT2D eigenvalue weighted by molar-refractivity contribution is 0.228. The fraction of sp³-hybridized carbons (Fsp3) is 0.0667. The zero-order chi connectivity index (χ0) is 19.7. The predicted octanol–water partition coefficient (Wildman–Crippen LogP) is 2.67. The van der Waals surface area contributed by atoms with E-state index in [0.29, 0.717) is 10.0 Å². The molecule has 11 heteroatoms. The predicted molar refractivity (Wildman–Crippen MR) is 98.5 cm³/mol. The molecule has 2 rings (SSSR count). The van der Waals surface area contributed by atoms with Crippen molar-refractivity contribution in [2.75, 3.05) is 0 Å². The van der Waals surface area contributed by atoms with Crippen LogP contribution in [0.15, 0.2) is 56.9 Å². The number of nitrogens with zero attached hydrogens (tertiary/aromatic N) is 1. The van der Waals surface area contributed by atoms with Crippen LogP contribution in [0.25, 0.3) is 0 Å². The highest BCUT2D eigenvalue weighted by Crippen LogP contribution is 2.15. The van der Waals surface area contributed by atoms with Crippen molar-refractivity contribution in [1.82, 2.24) is 10.9 Å². The minimum absolute atomic E-state index is 0.0666. The van der Waals surface area contributed by atoms with E-state index in [9.17, 15) is 12.8 Å². The third-order valence-corrected chi connectivity index (χ3v) is 4.24. The summed E-state index contributed by atoms with van der Waals surface area (Å²) in [5, 5.41) is 18.8. The Balaban J connectivity index is 0.000000273. The van der Waals surface area contributed by atoms with Crippen molar-refractivity contribution in [3.63, 3.8) is 0 Å². The van der Waals surface area contributed by atoms with Gasteiger partial charge >= 0.3 is 0 Å². The molecule has 0 aromatic heterocycles. The smallest absolute Gasteiger partial charge is 0.288 e. The first-order chi connectivity index (χ1) is 12.1. The summed E-state index contributed by atoms with van der Waals surface area (Å²) >= 11 is 3.03. The van der Waals surface area contributed by atoms with Gasteiger partial charge in [0.2, 0.25) is 5.96 Å². The van der Waals surface area contributed by atoms with E-state index in [0.717, 1.165) is 5.56 Å². The first kappa shape index (κ1) is 21.7. The lowest BCUT2D eigenvalue weighted by Gasteiger charge is -1.99. The van der Waals surface area contributed by atoms with Crippen LogP contribution in [0.1, 0.15) is 11.1 Å². The summed E-state index contributed by atoms with van der Waals surface area (Å²) in [5.41, 5.74) is 5.37. The SMILES string of the molecule is Cc1ccc(S(=O)(=O)O)cc1.N=C(NO)NN=Cc1ccc(F)c(Br)c1. The number of hydrogen-bond donors (Lipinski definition) is 5. The Kier molecular flexibility index (Phi) is 8.32. The molecule has 0 aliphatic heterocycles. The first-order valence-corrected chi connectivity index (χ1v) is 9.13. The summed E-state index contributed by atoms with van der Waals surface area (Å²) in [6.07, 6.45) is 1.38. The lowest BCUT2D eigenvalue weighted by Crippen LogP contribution is -2.30. The van der Waals surface area contributed by atoms with E-state index in [1.807, 2.05) is 6.92 Å². The molecule has 0 aliphatic rings. The minimum atomic E-state index is -4.02. The molecule has 0 saturated carbocycles. The van der Waals surface area contributed by atoms with Gasteiger partial charge in [0, 0.05) is 0 Å². The standard InChI is InChI=1S/C8H8BrFN4O.C7H8O3S/c9-6-3-5(1-2-7(6)10)4-12-13-8(11)14-15;1-6-2-4-7(5-3-6)11(8,9)10/h1-4,15H,(H3,11,13,14);2-5H,1H3,(H,8,9,10). The van der Waals surface area contributed by atoms with Crippen LogP contribution < -0.4 is 10.9 Å². The van der Waals surface area contributed by atoms with Gasteiger partial charge in [0.15, 0.2) is 0 Å². The molecule has 140 valence electrons. The monoisotopic (exact) mass is 446 g/mol. The third-order valence-electron chi connectivity index (χ3n) is 2.76. The van der Waals surface area contributed by atoms with Crippen molar-refractivity contribution >= 4 is 38.2 Å². The van der Waals surface area contributed by atoms with Gasteiger partial charge in [-0.05, 0) is 52.7 Å². The summed E-state index contributed by atoms with van der Waals surface area (Å²) in [5.74, 6) is -0.711. The van der Waals surface area contributed by atoms with Gasteiger partial charge in [-0.15, -0.1) is 0 Å². The van der Waals surface area contributed by atoms with Crippen LogP contribution in [-0.2, 0) is 10.1 Å². The van der Waals surface area contributed by atoms with E-state index >= 15 is 0 Å². The first-order valence-electron chi connectivity index (χ1n) is 6.90. The molecule has 0 aliphatic carbocycles. The number of nitrogens with one attached hydrogen (secondary N) is 3. The van der Waals surface area contributed by atoms with Crippen LogP contribution in [0, 0.1) is 18.2 Å². The van der Waals surface area contributed by atoms with E-state index in [-0.39, 0.29) is 16.7 Å². The number of hydrogen-bond acceptors (Lipinski definition) is 5. The lowest BCUT2D eigenvalue weighted by atomic mass is 10.2. The third kappa shape index (κ3) is 7.70. The Bertz CT molecular complexity index is 889. The van der Waals surface area contributed by atoms with Gasteiger partial charge in [0.1, 0.15) is 5.82 Å². The zero-order valence-corrected chi connectivity index (χ0v) is 15.8. The molecular weight excluding hydrogens is 431 g/mol. The Morgan fingerprint density at radius 2 is 1.88 bits per heavy atom. The Labute approximate surface area is 158 Å². The number of hydrazone groups is 1. The summed E-state index contributed by atoms with van der Waals surface area (Å²) in [6, 6.07) is 10.3. The van der Waals surface area contributed by atoms with Gasteiger partial charge in [-0.2, -0.15) is 13.5 Å². The van der Waals surface area contributed by atoms with E-state index in [2.05, 4.69) is 26.5 Å². The van der Waals surface area contributed by atoms with Gasteiger partial charge in [-0.3, -0.25) is 15.2 Å². The molecule has 2 aromatic carbocycles. The number of benzene rings is 2. The molecule has 2 aromatic rings. The number of aryl methyl sites for hydroxylation is 1. The molecule has 8 nitrogen and oxygen atoms in total. The molecule has 0 spiro atoms. The molecule has 0 radical (unpaired) electrons. The van der Waals surface area contributed by atoms with Crippen LogP contribution in [0.5, 0.6) is 0 Å². The van der Waals surface area contributed by atoms with Crippen LogP contribution in [-0.4, -0.2) is 30.4 Å². The van der Waals surface area contributed by atoms with Crippen molar-refractivity contribution < 1.29 is 22.6 Å². The number of halogens is 2. The van der Waals surface area contributed by atoms with Gasteiger partial charge in [-0.1, -0.05) is 23.8 Å². The minimum Gasteiger partial charge on any atom is -0.288 e. The average Bonchev–Trinajstić information content (AvgIpc) is 2.58. The molecule has 5 N–H and O–H groups in total. The summed E-state index contributed by atoms with van der Waals surface area (Å²) in [7, 11) is -4.02. The highest BCUT2D eigenvalue weighted by atomic mass is 79.9. The van der Waals surface area contributed by atoms with E-state index in [1.165, 1.54) is 36.5 Å². The molecule has 0 fully saturated rings. The van der Waals surface area contributed by atoms with E-state index in [1.54, 1.807) is 17.6 Å². The van der Waals surface area contributed by atoms with Crippen molar-refractivity contribution in [3.05, 3.63) is 63.9 Å². The maximum Gasteiger partial charge on any atom is 0.294 e. The van der Waals surface area contributed by atoms with Crippen LogP contribution in [0.3, 0.4) is 0 Å². The number of hydroxylamine groups is 1. The molecule has 0 unspecified atom stereocenters. The topological polar surface area (TPSA) is 135 Å². The Hall–Kier alpha value is -2.34. The summed E-state index contributed by atoms with van der Waals surface area (Å²) < 4.78 is 42.7. The zero-order valence-electron chi connectivity index (χ0n) is 13.4. The number of guanidine groups is 1. The fourth-order valence-electron chi connectivity index (χ4n) is 1.50. The van der Waals surface area contributed by atoms with Gasteiger partial charge in [-0.25, -0.2) is 15.3 Å². The molecular formula is C15H16BrFN4O4S. The Morgan fingerprint density at radius 1 is 1.27 bits per heavy atom. The highest BCUT2D eigenvalue weighted by Gasteiger charge is 2.06. The van der Waals surface area contributed by atoms with Crippen molar-refractivity contribution in [2.45, 2.75) is 11.8 Å². The van der Waals surface area contributed by atoms with Gasteiger partial charge in [0.25, 0.3) is 10.1 Å². The van der Waals surface area contributed by atoms with Crippen molar-refractivity contribution in [2.24, 2.45) is 5.10 Å². The molecule has 26 heavy (non-hydrogen) atoms. The molecule has 0 atom stereocenters. The van der Waals surface area contributed by atoms with Crippen LogP contribution >= 0.6 is 15.9 Å². The van der Waals surface area contributed by atoms with Crippen molar-refractivity contribution in [1.29, 1.82) is 5.41 Å². The van der Waals surface area contributed by atoms with E-state index in [4.69, 9.17) is 15.2 Å². The van der Waals surface area contributed by atoms with E-state index < -0.39 is 10.1 Å². The number of rotatable bonds is 3. The summed E-state index contributed by atoms with van der Waals surface area (Å²) in [6.45, 7) is 1.84. The second-order valence-electron chi connectivity index (χ2n) is 4.82. The maximum absolute atomic E-state index is 12.8. The average molecular weight is 447 g/mol. The maximum atomic E-state index is 12.8. The quantitative estimate of drug-likeness (QED) is 0.213. The molecule has 0 bridgehead atoms. The van der Waals surface area contributed by atoms with Crippen LogP contribution in [0.2, 0.25) is 0 Å². The highest BCUT2D eigenvalue weighted by molar-refractivity contribution is 9.10. The summed E-state index contributed by atoms with van der Waals surface area (Å²) in [4.78, 5) is -0.0666. The largest absolute Gasteiger partial charge is 0.294 e. The molecule has 0 amide bonds. The normalized spacial score (nSPS) is 10.8. The van der Waals surface area contributed by atoms with Gasteiger partial charge in [0.05, 0.1) is 15.6 Å². The van der Waals surface area contributed by atoms with Gasteiger partial charge < -0.3 is 0 Å². The fourth-order valence-corrected chi connectivity index (χ4v) is 2.38.